The van der Waals surface area contributed by atoms with Crippen molar-refractivity contribution in [1.29, 1.82) is 0 Å². The van der Waals surface area contributed by atoms with Gasteiger partial charge in [-0.1, -0.05) is 12.1 Å². The lowest BCUT2D eigenvalue weighted by Crippen LogP contribution is -2.42. The molecular formula is C17H20FN3O2. The second-order valence-electron chi connectivity index (χ2n) is 6.25. The van der Waals surface area contributed by atoms with Gasteiger partial charge in [0.05, 0.1) is 5.41 Å². The lowest BCUT2D eigenvalue weighted by Gasteiger charge is -2.29. The SMILES string of the molecule is Cc1c(F)cccc1[C@]1(C(=O)NO)CCC(c2ccnn2C)C1. The zero-order chi connectivity index (χ0) is 16.6. The minimum atomic E-state index is -0.921. The third kappa shape index (κ3) is 2.43. The number of carbonyl (C=O) groups excluding carboxylic acids is 1. The van der Waals surface area contributed by atoms with Crippen molar-refractivity contribution in [2.45, 2.75) is 37.5 Å². The first-order valence-electron chi connectivity index (χ1n) is 7.67. The Morgan fingerprint density at radius 1 is 1.48 bits per heavy atom. The molecular weight excluding hydrogens is 297 g/mol. The molecule has 0 aliphatic heterocycles. The fraction of sp³-hybridized carbons (Fsp3) is 0.412. The highest BCUT2D eigenvalue weighted by Gasteiger charge is 2.48. The highest BCUT2D eigenvalue weighted by molar-refractivity contribution is 5.88. The van der Waals surface area contributed by atoms with Crippen LogP contribution in [0.1, 0.15) is 42.0 Å². The molecule has 1 heterocycles. The minimum absolute atomic E-state index is 0.141. The van der Waals surface area contributed by atoms with Gasteiger partial charge in [0.2, 0.25) is 0 Å². The first kappa shape index (κ1) is 15.7. The van der Waals surface area contributed by atoms with Crippen molar-refractivity contribution in [3.8, 4) is 0 Å². The molecule has 0 saturated heterocycles. The van der Waals surface area contributed by atoms with Gasteiger partial charge in [0.15, 0.2) is 0 Å². The third-order valence-electron chi connectivity index (χ3n) is 5.11. The van der Waals surface area contributed by atoms with Gasteiger partial charge in [-0.15, -0.1) is 0 Å². The van der Waals surface area contributed by atoms with Gasteiger partial charge in [-0.2, -0.15) is 5.10 Å². The fourth-order valence-corrected chi connectivity index (χ4v) is 3.89. The van der Waals surface area contributed by atoms with Crippen molar-refractivity contribution in [3.05, 3.63) is 53.1 Å². The number of aromatic nitrogens is 2. The standard InChI is InChI=1S/C17H20FN3O2/c1-11-13(4-3-5-14(11)18)17(16(22)20-23)8-6-12(10-17)15-7-9-19-21(15)2/h3-5,7,9,12,23H,6,8,10H2,1-2H3,(H,20,22)/t12?,17-/m0/s1. The van der Waals surface area contributed by atoms with Gasteiger partial charge >= 0.3 is 0 Å². The van der Waals surface area contributed by atoms with Gasteiger partial charge in [0, 0.05) is 24.9 Å². The van der Waals surface area contributed by atoms with Crippen LogP contribution < -0.4 is 5.48 Å². The summed E-state index contributed by atoms with van der Waals surface area (Å²) in [6.45, 7) is 1.68. The van der Waals surface area contributed by atoms with Crippen LogP contribution in [0.4, 0.5) is 4.39 Å². The van der Waals surface area contributed by atoms with E-state index in [9.17, 15) is 14.4 Å². The third-order valence-corrected chi connectivity index (χ3v) is 5.11. The Kier molecular flexibility index (Phi) is 3.93. The van der Waals surface area contributed by atoms with Crippen LogP contribution in [0.2, 0.25) is 0 Å². The quantitative estimate of drug-likeness (QED) is 0.675. The summed E-state index contributed by atoms with van der Waals surface area (Å²) in [5, 5.41) is 13.4. The van der Waals surface area contributed by atoms with E-state index in [-0.39, 0.29) is 11.7 Å². The number of carbonyl (C=O) groups is 1. The van der Waals surface area contributed by atoms with Crippen LogP contribution in [0.25, 0.3) is 0 Å². The number of benzene rings is 1. The first-order valence-corrected chi connectivity index (χ1v) is 7.67. The van der Waals surface area contributed by atoms with E-state index < -0.39 is 11.3 Å². The van der Waals surface area contributed by atoms with Crippen molar-refractivity contribution in [2.24, 2.45) is 7.05 Å². The molecule has 1 aromatic carbocycles. The van der Waals surface area contributed by atoms with Crippen molar-refractivity contribution >= 4 is 5.91 Å². The summed E-state index contributed by atoms with van der Waals surface area (Å²) >= 11 is 0. The zero-order valence-electron chi connectivity index (χ0n) is 13.2. The summed E-state index contributed by atoms with van der Waals surface area (Å²) in [6.07, 6.45) is 3.58. The first-order chi connectivity index (χ1) is 11.0. The molecule has 23 heavy (non-hydrogen) atoms. The zero-order valence-corrected chi connectivity index (χ0v) is 13.2. The molecule has 3 rings (SSSR count). The molecule has 2 aromatic rings. The van der Waals surface area contributed by atoms with Gasteiger partial charge < -0.3 is 0 Å². The molecule has 0 radical (unpaired) electrons. The van der Waals surface area contributed by atoms with E-state index in [4.69, 9.17) is 0 Å². The van der Waals surface area contributed by atoms with Crippen LogP contribution in [-0.2, 0) is 17.3 Å². The summed E-state index contributed by atoms with van der Waals surface area (Å²) in [5.41, 5.74) is 3.02. The largest absolute Gasteiger partial charge is 0.289 e. The van der Waals surface area contributed by atoms with E-state index in [1.807, 2.05) is 13.1 Å². The number of aryl methyl sites for hydroxylation is 1. The van der Waals surface area contributed by atoms with E-state index in [0.717, 1.165) is 12.1 Å². The predicted molar refractivity (Wildman–Crippen MR) is 82.5 cm³/mol. The van der Waals surface area contributed by atoms with E-state index in [1.54, 1.807) is 35.4 Å². The fourth-order valence-electron chi connectivity index (χ4n) is 3.89. The monoisotopic (exact) mass is 317 g/mol. The van der Waals surface area contributed by atoms with Gasteiger partial charge in [0.1, 0.15) is 5.82 Å². The molecule has 0 spiro atoms. The molecule has 1 aromatic heterocycles. The average Bonchev–Trinajstić information content (AvgIpc) is 3.16. The lowest BCUT2D eigenvalue weighted by atomic mass is 9.75. The van der Waals surface area contributed by atoms with E-state index in [2.05, 4.69) is 5.10 Å². The maximum absolute atomic E-state index is 14.0. The smallest absolute Gasteiger partial charge is 0.254 e. The molecule has 5 nitrogen and oxygen atoms in total. The second-order valence-corrected chi connectivity index (χ2v) is 6.25. The molecule has 1 fully saturated rings. The number of amides is 1. The van der Waals surface area contributed by atoms with Crippen LogP contribution in [0.5, 0.6) is 0 Å². The van der Waals surface area contributed by atoms with Crippen molar-refractivity contribution < 1.29 is 14.4 Å². The molecule has 2 N–H and O–H groups in total. The number of halogens is 1. The van der Waals surface area contributed by atoms with Crippen LogP contribution in [0.15, 0.2) is 30.5 Å². The number of nitrogens with zero attached hydrogens (tertiary/aromatic N) is 2. The molecule has 1 aliphatic carbocycles. The van der Waals surface area contributed by atoms with Gasteiger partial charge in [-0.3, -0.25) is 14.7 Å². The molecule has 1 amide bonds. The average molecular weight is 317 g/mol. The lowest BCUT2D eigenvalue weighted by molar-refractivity contribution is -0.135. The van der Waals surface area contributed by atoms with Crippen molar-refractivity contribution in [2.75, 3.05) is 0 Å². The predicted octanol–water partition coefficient (Wildman–Crippen LogP) is 2.58. The van der Waals surface area contributed by atoms with Crippen LogP contribution in [-0.4, -0.2) is 20.9 Å². The van der Waals surface area contributed by atoms with Crippen LogP contribution >= 0.6 is 0 Å². The number of rotatable bonds is 3. The minimum Gasteiger partial charge on any atom is -0.289 e. The summed E-state index contributed by atoms with van der Waals surface area (Å²) in [6, 6.07) is 6.72. The van der Waals surface area contributed by atoms with Gasteiger partial charge in [-0.05, 0) is 49.4 Å². The maximum Gasteiger partial charge on any atom is 0.254 e. The Morgan fingerprint density at radius 3 is 2.91 bits per heavy atom. The summed E-state index contributed by atoms with van der Waals surface area (Å²) in [5.74, 6) is -0.671. The maximum atomic E-state index is 14.0. The Balaban J connectivity index is 2.05. The second kappa shape index (κ2) is 5.77. The number of nitrogens with one attached hydrogen (secondary N) is 1. The summed E-state index contributed by atoms with van der Waals surface area (Å²) in [4.78, 5) is 12.5. The molecule has 1 aliphatic rings. The van der Waals surface area contributed by atoms with Crippen molar-refractivity contribution in [3.63, 3.8) is 0 Å². The Hall–Kier alpha value is -2.21. The number of hydroxylamine groups is 1. The molecule has 6 heteroatoms. The molecule has 1 unspecified atom stereocenters. The Labute approximate surface area is 134 Å². The topological polar surface area (TPSA) is 67.2 Å². The highest BCUT2D eigenvalue weighted by atomic mass is 19.1. The van der Waals surface area contributed by atoms with Crippen LogP contribution in [0, 0.1) is 12.7 Å². The molecule has 122 valence electrons. The normalized spacial score (nSPS) is 23.9. The highest BCUT2D eigenvalue weighted by Crippen LogP contribution is 2.49. The van der Waals surface area contributed by atoms with Gasteiger partial charge in [0.25, 0.3) is 5.91 Å². The van der Waals surface area contributed by atoms with E-state index in [0.29, 0.717) is 24.0 Å². The van der Waals surface area contributed by atoms with Crippen LogP contribution in [0.3, 0.4) is 0 Å². The molecule has 1 saturated carbocycles. The Morgan fingerprint density at radius 2 is 2.26 bits per heavy atom. The van der Waals surface area contributed by atoms with E-state index in [1.165, 1.54) is 6.07 Å². The van der Waals surface area contributed by atoms with E-state index >= 15 is 0 Å². The summed E-state index contributed by atoms with van der Waals surface area (Å²) < 4.78 is 15.8. The molecule has 2 atom stereocenters. The number of hydrogen-bond donors (Lipinski definition) is 2. The van der Waals surface area contributed by atoms with Crippen molar-refractivity contribution in [1.82, 2.24) is 15.3 Å². The molecule has 0 bridgehead atoms. The van der Waals surface area contributed by atoms with Gasteiger partial charge in [-0.25, -0.2) is 9.87 Å². The number of hydrogen-bond acceptors (Lipinski definition) is 3. The Bertz CT molecular complexity index is 743. The summed E-state index contributed by atoms with van der Waals surface area (Å²) in [7, 11) is 1.87.